The van der Waals surface area contributed by atoms with Crippen molar-refractivity contribution in [3.63, 3.8) is 0 Å². The second-order valence-electron chi connectivity index (χ2n) is 5.10. The van der Waals surface area contributed by atoms with Gasteiger partial charge >= 0.3 is 5.97 Å². The first kappa shape index (κ1) is 15.7. The largest absolute Gasteiger partial charge is 0.480 e. The van der Waals surface area contributed by atoms with Crippen LogP contribution in [0.15, 0.2) is 24.3 Å². The van der Waals surface area contributed by atoms with Crippen LogP contribution in [0, 0.1) is 0 Å². The second-order valence-corrected chi connectivity index (χ2v) is 6.31. The zero-order valence-electron chi connectivity index (χ0n) is 12.0. The number of carbonyl (C=O) groups excluding carboxylic acids is 1. The fourth-order valence-corrected chi connectivity index (χ4v) is 3.90. The first-order valence-electron chi connectivity index (χ1n) is 7.03. The zero-order valence-corrected chi connectivity index (χ0v) is 12.8. The minimum absolute atomic E-state index is 0.0283. The summed E-state index contributed by atoms with van der Waals surface area (Å²) < 4.78 is 0. The summed E-state index contributed by atoms with van der Waals surface area (Å²) in [7, 11) is 0. The molecular formula is C15H20N2O3S. The quantitative estimate of drug-likeness (QED) is 0.813. The van der Waals surface area contributed by atoms with E-state index in [0.29, 0.717) is 24.3 Å². The van der Waals surface area contributed by atoms with Gasteiger partial charge < -0.3 is 15.7 Å². The molecule has 0 radical (unpaired) electrons. The van der Waals surface area contributed by atoms with Crippen molar-refractivity contribution in [2.45, 2.75) is 37.6 Å². The van der Waals surface area contributed by atoms with Gasteiger partial charge in [-0.1, -0.05) is 19.1 Å². The van der Waals surface area contributed by atoms with E-state index in [4.69, 9.17) is 5.73 Å². The fourth-order valence-electron chi connectivity index (χ4n) is 2.53. The number of carboxylic acid groups (broad SMARTS) is 1. The Morgan fingerprint density at radius 2 is 2.24 bits per heavy atom. The van der Waals surface area contributed by atoms with Crippen molar-refractivity contribution in [1.82, 2.24) is 4.90 Å². The Hall–Kier alpha value is -1.69. The number of amides is 1. The summed E-state index contributed by atoms with van der Waals surface area (Å²) in [6.07, 6.45) is 1.65. The maximum Gasteiger partial charge on any atom is 0.327 e. The lowest BCUT2D eigenvalue weighted by Gasteiger charge is -2.26. The van der Waals surface area contributed by atoms with Crippen LogP contribution in [-0.4, -0.2) is 39.1 Å². The lowest BCUT2D eigenvalue weighted by molar-refractivity contribution is -0.149. The lowest BCUT2D eigenvalue weighted by Crippen LogP contribution is -2.45. The third-order valence-electron chi connectivity index (χ3n) is 3.59. The third kappa shape index (κ3) is 3.69. The molecule has 2 rings (SSSR count). The number of carbonyl (C=O) groups is 2. The summed E-state index contributed by atoms with van der Waals surface area (Å²) in [6.45, 7) is 1.97. The van der Waals surface area contributed by atoms with Gasteiger partial charge in [0.2, 0.25) is 5.91 Å². The van der Waals surface area contributed by atoms with Gasteiger partial charge in [-0.2, -0.15) is 0 Å². The number of nitrogen functional groups attached to an aromatic ring is 1. The molecule has 1 saturated heterocycles. The van der Waals surface area contributed by atoms with Gasteiger partial charge in [0, 0.05) is 17.9 Å². The van der Waals surface area contributed by atoms with Crippen LogP contribution >= 0.6 is 11.8 Å². The number of nitrogens with zero attached hydrogens (tertiary/aromatic N) is 1. The molecular weight excluding hydrogens is 288 g/mol. The number of aryl methyl sites for hydroxylation is 1. The zero-order chi connectivity index (χ0) is 15.4. The van der Waals surface area contributed by atoms with Gasteiger partial charge in [-0.25, -0.2) is 4.79 Å². The standard InChI is InChI=1S/C15H20N2O3S/c1-2-14-17(12(9-21-14)15(19)20)13(18)7-6-10-4-3-5-11(16)8-10/h3-5,8,12,14H,2,6-7,9,16H2,1H3,(H,19,20). The summed E-state index contributed by atoms with van der Waals surface area (Å²) in [5.41, 5.74) is 7.38. The number of rotatable bonds is 5. The Morgan fingerprint density at radius 3 is 2.86 bits per heavy atom. The van der Waals surface area contributed by atoms with Crippen LogP contribution in [-0.2, 0) is 16.0 Å². The molecule has 1 aliphatic heterocycles. The first-order chi connectivity index (χ1) is 10.0. The van der Waals surface area contributed by atoms with Gasteiger partial charge in [-0.15, -0.1) is 11.8 Å². The molecule has 1 fully saturated rings. The number of thioether (sulfide) groups is 1. The summed E-state index contributed by atoms with van der Waals surface area (Å²) in [5, 5.41) is 9.22. The van der Waals surface area contributed by atoms with Crippen molar-refractivity contribution < 1.29 is 14.7 Å². The predicted octanol–water partition coefficient (Wildman–Crippen LogP) is 1.97. The molecule has 2 unspecified atom stereocenters. The predicted molar refractivity (Wildman–Crippen MR) is 84.0 cm³/mol. The topological polar surface area (TPSA) is 83.6 Å². The highest BCUT2D eigenvalue weighted by Gasteiger charge is 2.40. The molecule has 21 heavy (non-hydrogen) atoms. The van der Waals surface area contributed by atoms with Crippen molar-refractivity contribution in [1.29, 1.82) is 0 Å². The first-order valence-corrected chi connectivity index (χ1v) is 8.07. The van der Waals surface area contributed by atoms with Crippen molar-refractivity contribution in [2.24, 2.45) is 0 Å². The molecule has 0 bridgehead atoms. The van der Waals surface area contributed by atoms with Crippen LogP contribution in [0.3, 0.4) is 0 Å². The van der Waals surface area contributed by atoms with Crippen LogP contribution < -0.4 is 5.73 Å². The molecule has 5 nitrogen and oxygen atoms in total. The molecule has 1 aliphatic rings. The average molecular weight is 308 g/mol. The van der Waals surface area contributed by atoms with E-state index in [2.05, 4.69) is 0 Å². The van der Waals surface area contributed by atoms with Crippen molar-refractivity contribution >= 4 is 29.3 Å². The van der Waals surface area contributed by atoms with Gasteiger partial charge in [0.25, 0.3) is 0 Å². The van der Waals surface area contributed by atoms with Gasteiger partial charge in [0.15, 0.2) is 0 Å². The highest BCUT2D eigenvalue weighted by atomic mass is 32.2. The summed E-state index contributed by atoms with van der Waals surface area (Å²) in [4.78, 5) is 25.2. The van der Waals surface area contributed by atoms with E-state index in [1.165, 1.54) is 0 Å². The molecule has 1 amide bonds. The molecule has 0 aromatic heterocycles. The van der Waals surface area contributed by atoms with Crippen molar-refractivity contribution in [3.05, 3.63) is 29.8 Å². The smallest absolute Gasteiger partial charge is 0.327 e. The highest BCUT2D eigenvalue weighted by Crippen LogP contribution is 2.32. The monoisotopic (exact) mass is 308 g/mol. The van der Waals surface area contributed by atoms with Crippen LogP contribution in [0.1, 0.15) is 25.3 Å². The van der Waals surface area contributed by atoms with E-state index >= 15 is 0 Å². The minimum Gasteiger partial charge on any atom is -0.480 e. The molecule has 0 spiro atoms. The van der Waals surface area contributed by atoms with Crippen LogP contribution in [0.25, 0.3) is 0 Å². The summed E-state index contributed by atoms with van der Waals surface area (Å²) in [6, 6.07) is 6.73. The van der Waals surface area contributed by atoms with Crippen LogP contribution in [0.2, 0.25) is 0 Å². The van der Waals surface area contributed by atoms with Gasteiger partial charge in [-0.3, -0.25) is 4.79 Å². The van der Waals surface area contributed by atoms with Gasteiger partial charge in [0.1, 0.15) is 6.04 Å². The fraction of sp³-hybridized carbons (Fsp3) is 0.467. The van der Waals surface area contributed by atoms with Crippen molar-refractivity contribution in [3.8, 4) is 0 Å². The normalized spacial score (nSPS) is 21.5. The Morgan fingerprint density at radius 1 is 1.48 bits per heavy atom. The molecule has 1 heterocycles. The third-order valence-corrected chi connectivity index (χ3v) is 5.05. The second kappa shape index (κ2) is 6.85. The highest BCUT2D eigenvalue weighted by molar-refractivity contribution is 8.00. The number of carboxylic acids is 1. The molecule has 114 valence electrons. The van der Waals surface area contributed by atoms with E-state index in [-0.39, 0.29) is 11.3 Å². The van der Waals surface area contributed by atoms with Crippen LogP contribution in [0.5, 0.6) is 0 Å². The molecule has 1 aromatic rings. The number of hydrogen-bond acceptors (Lipinski definition) is 4. The van der Waals surface area contributed by atoms with Gasteiger partial charge in [0.05, 0.1) is 5.37 Å². The minimum atomic E-state index is -0.921. The van der Waals surface area contributed by atoms with Gasteiger partial charge in [-0.05, 0) is 30.5 Å². The number of nitrogens with two attached hydrogens (primary N) is 1. The number of hydrogen-bond donors (Lipinski definition) is 2. The van der Waals surface area contributed by atoms with Crippen LogP contribution in [0.4, 0.5) is 5.69 Å². The van der Waals surface area contributed by atoms with Crippen molar-refractivity contribution in [2.75, 3.05) is 11.5 Å². The maximum atomic E-state index is 12.4. The van der Waals surface area contributed by atoms with E-state index in [1.54, 1.807) is 22.7 Å². The Labute approximate surface area is 128 Å². The van der Waals surface area contributed by atoms with E-state index in [0.717, 1.165) is 12.0 Å². The molecule has 2 atom stereocenters. The van der Waals surface area contributed by atoms with E-state index < -0.39 is 12.0 Å². The number of aliphatic carboxylic acids is 1. The molecule has 0 aliphatic carbocycles. The Bertz CT molecular complexity index is 535. The lowest BCUT2D eigenvalue weighted by atomic mass is 10.1. The Kier molecular flexibility index (Phi) is 5.12. The number of benzene rings is 1. The molecule has 0 saturated carbocycles. The SMILES string of the molecule is CCC1SCC(C(=O)O)N1C(=O)CCc1cccc(N)c1. The summed E-state index contributed by atoms with van der Waals surface area (Å²) >= 11 is 1.54. The molecule has 6 heteroatoms. The summed E-state index contributed by atoms with van der Waals surface area (Å²) in [5.74, 6) is -0.546. The molecule has 3 N–H and O–H groups in total. The molecule has 1 aromatic carbocycles. The maximum absolute atomic E-state index is 12.4. The number of anilines is 1. The van der Waals surface area contributed by atoms with E-state index in [1.807, 2.05) is 25.1 Å². The Balaban J connectivity index is 2.02. The average Bonchev–Trinajstić information content (AvgIpc) is 2.89. The van der Waals surface area contributed by atoms with E-state index in [9.17, 15) is 14.7 Å².